The molecule has 0 radical (unpaired) electrons. The number of nitrogens with one attached hydrogen (secondary N) is 1. The molecule has 0 aliphatic carbocycles. The maximum atomic E-state index is 6.55. The predicted octanol–water partition coefficient (Wildman–Crippen LogP) is 4.67. The first-order chi connectivity index (χ1) is 9.53. The first-order valence-electron chi connectivity index (χ1n) is 7.14. The van der Waals surface area contributed by atoms with E-state index in [2.05, 4.69) is 31.1 Å². The average molecular weight is 335 g/mol. The summed E-state index contributed by atoms with van der Waals surface area (Å²) < 4.78 is 6.55. The summed E-state index contributed by atoms with van der Waals surface area (Å²) >= 11 is 12.6. The van der Waals surface area contributed by atoms with Gasteiger partial charge >= 0.3 is 0 Å². The first-order valence-corrected chi connectivity index (χ1v) is 10.4. The molecular weight excluding hydrogens is 311 g/mol. The van der Waals surface area contributed by atoms with Crippen LogP contribution in [-0.2, 0) is 4.43 Å². The zero-order valence-corrected chi connectivity index (χ0v) is 15.2. The standard InChI is InChI=1S/C14H24Cl2N2OSi/c1-5-20(6-2,7-3)19-13(10-17-4)14-11(15)8-18-9-12(14)16/h8-9,13,17H,5-7,10H2,1-4H3/q-1. The van der Waals surface area contributed by atoms with E-state index in [4.69, 9.17) is 27.6 Å². The van der Waals surface area contributed by atoms with Crippen molar-refractivity contribution in [2.75, 3.05) is 13.6 Å². The molecule has 20 heavy (non-hydrogen) atoms. The summed E-state index contributed by atoms with van der Waals surface area (Å²) in [5.41, 5.74) is 0.852. The van der Waals surface area contributed by atoms with Gasteiger partial charge in [-0.2, -0.15) is 0 Å². The summed E-state index contributed by atoms with van der Waals surface area (Å²) in [4.78, 5) is 4.02. The van der Waals surface area contributed by atoms with Crippen LogP contribution in [0.4, 0.5) is 0 Å². The van der Waals surface area contributed by atoms with Crippen LogP contribution in [0.5, 0.6) is 0 Å². The van der Waals surface area contributed by atoms with E-state index in [1.165, 1.54) is 0 Å². The van der Waals surface area contributed by atoms with Crippen LogP contribution in [0.2, 0.25) is 28.2 Å². The Hall–Kier alpha value is -0.133. The molecule has 1 aromatic heterocycles. The van der Waals surface area contributed by atoms with Gasteiger partial charge in [0.15, 0.2) is 0 Å². The Bertz CT molecular complexity index is 399. The third kappa shape index (κ3) is 4.18. The van der Waals surface area contributed by atoms with E-state index in [1.807, 2.05) is 7.05 Å². The summed E-state index contributed by atoms with van der Waals surface area (Å²) in [6.45, 7) is 7.33. The molecule has 1 aromatic rings. The second kappa shape index (κ2) is 8.34. The number of hydrogen-bond donors (Lipinski definition) is 1. The highest BCUT2D eigenvalue weighted by atomic mass is 35.5. The second-order valence-electron chi connectivity index (χ2n) is 4.92. The Morgan fingerprint density at radius 1 is 1.15 bits per heavy atom. The van der Waals surface area contributed by atoms with Crippen molar-refractivity contribution in [1.29, 1.82) is 0 Å². The smallest absolute Gasteiger partial charge is 0.0661 e. The van der Waals surface area contributed by atoms with Gasteiger partial charge in [0.2, 0.25) is 0 Å². The lowest BCUT2D eigenvalue weighted by molar-refractivity contribution is 0.189. The lowest BCUT2D eigenvalue weighted by Gasteiger charge is -2.45. The molecule has 1 atom stereocenters. The summed E-state index contributed by atoms with van der Waals surface area (Å²) in [7, 11) is 0.185. The van der Waals surface area contributed by atoms with Gasteiger partial charge in [-0.05, 0) is 15.4 Å². The molecule has 0 saturated carbocycles. The van der Waals surface area contributed by atoms with Crippen LogP contribution in [0.15, 0.2) is 12.4 Å². The zero-order valence-electron chi connectivity index (χ0n) is 12.7. The van der Waals surface area contributed by atoms with E-state index in [0.29, 0.717) is 16.6 Å². The molecule has 0 aliphatic rings. The minimum atomic E-state index is -1.72. The van der Waals surface area contributed by atoms with E-state index in [1.54, 1.807) is 12.4 Å². The Morgan fingerprint density at radius 2 is 1.65 bits per heavy atom. The fourth-order valence-electron chi connectivity index (χ4n) is 2.42. The highest BCUT2D eigenvalue weighted by molar-refractivity contribution is 6.73. The molecule has 6 heteroatoms. The van der Waals surface area contributed by atoms with Crippen molar-refractivity contribution in [3.05, 3.63) is 28.0 Å². The van der Waals surface area contributed by atoms with Crippen molar-refractivity contribution < 1.29 is 4.43 Å². The highest BCUT2D eigenvalue weighted by Crippen LogP contribution is 2.35. The van der Waals surface area contributed by atoms with Crippen molar-refractivity contribution in [2.45, 2.75) is 45.0 Å². The van der Waals surface area contributed by atoms with Crippen molar-refractivity contribution in [3.8, 4) is 0 Å². The molecule has 0 saturated heterocycles. The van der Waals surface area contributed by atoms with Gasteiger partial charge in [0.1, 0.15) is 0 Å². The lowest BCUT2D eigenvalue weighted by Crippen LogP contribution is -2.39. The highest BCUT2D eigenvalue weighted by Gasteiger charge is 2.24. The molecule has 0 amide bonds. The minimum Gasteiger partial charge on any atom is -0.558 e. The summed E-state index contributed by atoms with van der Waals surface area (Å²) in [5, 5.41) is 4.32. The predicted molar refractivity (Wildman–Crippen MR) is 89.2 cm³/mol. The van der Waals surface area contributed by atoms with E-state index >= 15 is 0 Å². The van der Waals surface area contributed by atoms with Crippen LogP contribution in [0.25, 0.3) is 0 Å². The Balaban J connectivity index is 3.11. The largest absolute Gasteiger partial charge is 0.558 e. The van der Waals surface area contributed by atoms with Gasteiger partial charge in [-0.3, -0.25) is 4.98 Å². The van der Waals surface area contributed by atoms with Crippen molar-refractivity contribution in [2.24, 2.45) is 0 Å². The molecule has 1 N–H and O–H groups in total. The van der Waals surface area contributed by atoms with Crippen molar-refractivity contribution in [3.63, 3.8) is 0 Å². The first kappa shape index (κ1) is 17.9. The number of nitrogens with zero attached hydrogens (tertiary/aromatic N) is 1. The molecule has 0 aromatic carbocycles. The molecule has 0 bridgehead atoms. The fourth-order valence-corrected chi connectivity index (χ4v) is 5.83. The molecule has 1 heterocycles. The molecule has 3 nitrogen and oxygen atoms in total. The van der Waals surface area contributed by atoms with Gasteiger partial charge in [-0.15, -0.1) is 18.1 Å². The summed E-state index contributed by atoms with van der Waals surface area (Å²) in [6.07, 6.45) is 3.14. The molecule has 0 aliphatic heterocycles. The SMILES string of the molecule is CC[Si-](CC)(CC)OC(CNC)c1c(Cl)cncc1Cl. The maximum Gasteiger partial charge on any atom is 0.0661 e. The zero-order chi connectivity index (χ0) is 15.2. The Labute approximate surface area is 133 Å². The molecular formula is C14H24Cl2N2OSi-. The van der Waals surface area contributed by atoms with Crippen molar-refractivity contribution in [1.82, 2.24) is 10.3 Å². The van der Waals surface area contributed by atoms with Gasteiger partial charge in [-0.25, -0.2) is 0 Å². The van der Waals surface area contributed by atoms with Crippen LogP contribution in [-0.4, -0.2) is 26.9 Å². The number of halogens is 2. The van der Waals surface area contributed by atoms with Crippen LogP contribution in [0, 0.1) is 0 Å². The van der Waals surface area contributed by atoms with Crippen LogP contribution in [0.1, 0.15) is 32.4 Å². The second-order valence-corrected chi connectivity index (χ2v) is 10.5. The van der Waals surface area contributed by atoms with Gasteiger partial charge < -0.3 is 9.74 Å². The average Bonchev–Trinajstić information content (AvgIpc) is 2.44. The topological polar surface area (TPSA) is 34.1 Å². The molecule has 0 spiro atoms. The summed E-state index contributed by atoms with van der Waals surface area (Å²) in [5.74, 6) is 0. The van der Waals surface area contributed by atoms with Gasteiger partial charge in [-0.1, -0.05) is 44.0 Å². The van der Waals surface area contributed by atoms with E-state index in [-0.39, 0.29) is 6.10 Å². The Kier molecular flexibility index (Phi) is 7.47. The van der Waals surface area contributed by atoms with Crippen LogP contribution in [0.3, 0.4) is 0 Å². The van der Waals surface area contributed by atoms with Gasteiger partial charge in [0.05, 0.1) is 16.1 Å². The monoisotopic (exact) mass is 334 g/mol. The number of hydrogen-bond acceptors (Lipinski definition) is 3. The van der Waals surface area contributed by atoms with E-state index in [9.17, 15) is 0 Å². The van der Waals surface area contributed by atoms with E-state index < -0.39 is 8.32 Å². The number of aromatic nitrogens is 1. The molecule has 115 valence electrons. The van der Waals surface area contributed by atoms with Gasteiger partial charge in [0.25, 0.3) is 0 Å². The molecule has 1 rings (SSSR count). The third-order valence-electron chi connectivity index (χ3n) is 3.93. The Morgan fingerprint density at radius 3 is 2.05 bits per heavy atom. The van der Waals surface area contributed by atoms with Crippen LogP contribution >= 0.6 is 23.2 Å². The quantitative estimate of drug-likeness (QED) is 0.701. The fraction of sp³-hybridized carbons (Fsp3) is 0.643. The van der Waals surface area contributed by atoms with Gasteiger partial charge in [0, 0.05) is 24.5 Å². The molecule has 1 unspecified atom stereocenters. The maximum absolute atomic E-state index is 6.55. The number of rotatable bonds is 8. The lowest BCUT2D eigenvalue weighted by atomic mass is 10.1. The molecule has 0 fully saturated rings. The number of pyridine rings is 1. The van der Waals surface area contributed by atoms with Crippen LogP contribution < -0.4 is 5.32 Å². The normalized spacial score (nSPS) is 13.5. The number of likely N-dealkylation sites (N-methyl/N-ethyl adjacent to an activating group) is 1. The van der Waals surface area contributed by atoms with Crippen molar-refractivity contribution >= 4 is 31.5 Å². The third-order valence-corrected chi connectivity index (χ3v) is 9.18. The minimum absolute atomic E-state index is 0.116. The van der Waals surface area contributed by atoms with E-state index in [0.717, 1.165) is 23.7 Å². The summed E-state index contributed by atoms with van der Waals surface area (Å²) in [6, 6.07) is 3.29.